The summed E-state index contributed by atoms with van der Waals surface area (Å²) in [5, 5.41) is 13.4. The molecule has 0 saturated carbocycles. The summed E-state index contributed by atoms with van der Waals surface area (Å²) in [5.41, 5.74) is 5.97. The van der Waals surface area contributed by atoms with Gasteiger partial charge in [0.1, 0.15) is 5.75 Å². The summed E-state index contributed by atoms with van der Waals surface area (Å²) < 4.78 is 16.1. The topological polar surface area (TPSA) is 82.6 Å². The first-order valence-corrected chi connectivity index (χ1v) is 16.1. The van der Waals surface area contributed by atoms with Crippen LogP contribution in [0.2, 0.25) is 0 Å². The fourth-order valence-corrected chi connectivity index (χ4v) is 5.14. The van der Waals surface area contributed by atoms with Crippen molar-refractivity contribution < 1.29 is 19.0 Å². The van der Waals surface area contributed by atoms with E-state index < -0.39 is 0 Å². The molecule has 0 spiro atoms. The second kappa shape index (κ2) is 20.2. The zero-order chi connectivity index (χ0) is 29.9. The third-order valence-corrected chi connectivity index (χ3v) is 7.51. The van der Waals surface area contributed by atoms with Crippen LogP contribution in [0.3, 0.4) is 0 Å². The molecule has 7 nitrogen and oxygen atoms in total. The van der Waals surface area contributed by atoms with E-state index in [0.717, 1.165) is 73.5 Å². The Morgan fingerprint density at radius 2 is 1.83 bits per heavy atom. The summed E-state index contributed by atoms with van der Waals surface area (Å²) in [6.07, 6.45) is 14.2. The lowest BCUT2D eigenvalue weighted by molar-refractivity contribution is -0.143. The molecule has 1 aliphatic heterocycles. The minimum Gasteiger partial charge on any atom is -0.497 e. The van der Waals surface area contributed by atoms with Crippen LogP contribution >= 0.6 is 0 Å². The zero-order valence-electron chi connectivity index (χ0n) is 26.7. The zero-order valence-corrected chi connectivity index (χ0v) is 26.7. The molecule has 3 rings (SSSR count). The molecule has 230 valence electrons. The second-order valence-electron chi connectivity index (χ2n) is 10.8. The Balaban J connectivity index is 0.000000642. The van der Waals surface area contributed by atoms with Gasteiger partial charge in [-0.05, 0) is 81.2 Å². The van der Waals surface area contributed by atoms with E-state index in [1.54, 1.807) is 7.11 Å². The molecule has 1 aliphatic rings. The predicted molar refractivity (Wildman–Crippen MR) is 169 cm³/mol. The van der Waals surface area contributed by atoms with E-state index in [0.29, 0.717) is 25.7 Å². The van der Waals surface area contributed by atoms with Gasteiger partial charge in [-0.15, -0.1) is 10.2 Å². The third-order valence-electron chi connectivity index (χ3n) is 7.51. The van der Waals surface area contributed by atoms with Crippen LogP contribution in [0, 0.1) is 0 Å². The number of ether oxygens (including phenoxy) is 3. The number of benzene rings is 1. The molecule has 7 heteroatoms. The number of methoxy groups -OCH3 is 1. The van der Waals surface area contributed by atoms with Crippen LogP contribution in [-0.4, -0.2) is 42.5 Å². The minimum absolute atomic E-state index is 0.0880. The Hall–Kier alpha value is -2.67. The highest BCUT2D eigenvalue weighted by molar-refractivity contribution is 5.71. The summed E-state index contributed by atoms with van der Waals surface area (Å²) in [6.45, 7) is 12.4. The van der Waals surface area contributed by atoms with Gasteiger partial charge in [-0.3, -0.25) is 4.79 Å². The quantitative estimate of drug-likeness (QED) is 0.170. The molecule has 1 aromatic carbocycles. The van der Waals surface area contributed by atoms with Gasteiger partial charge in [-0.25, -0.2) is 0 Å². The van der Waals surface area contributed by atoms with Crippen molar-refractivity contribution in [2.45, 2.75) is 131 Å². The van der Waals surface area contributed by atoms with Crippen LogP contribution in [0.15, 0.2) is 18.2 Å². The summed E-state index contributed by atoms with van der Waals surface area (Å²) in [4.78, 5) is 10.4. The summed E-state index contributed by atoms with van der Waals surface area (Å²) >= 11 is 0. The number of unbranched alkanes of at least 4 members (excludes halogenated alkanes) is 4. The molecule has 1 unspecified atom stereocenters. The molecule has 1 atom stereocenters. The number of carbonyl (C=O) groups is 1. The monoisotopic (exact) mass is 569 g/mol. The molecule has 1 aromatic heterocycles. The Morgan fingerprint density at radius 3 is 2.51 bits per heavy atom. The van der Waals surface area contributed by atoms with E-state index in [1.165, 1.54) is 49.7 Å². The fraction of sp³-hybridized carbons (Fsp3) is 0.676. The molecular weight excluding hydrogens is 514 g/mol. The average Bonchev–Trinajstić information content (AvgIpc) is 3.07. The highest BCUT2D eigenvalue weighted by atomic mass is 16.5. The number of hydrogen-bond donors (Lipinski definition) is 1. The van der Waals surface area contributed by atoms with Gasteiger partial charge < -0.3 is 19.5 Å². The van der Waals surface area contributed by atoms with Gasteiger partial charge in [-0.2, -0.15) is 0 Å². The average molecular weight is 570 g/mol. The number of fused-ring (bicyclic) bond motifs is 3. The van der Waals surface area contributed by atoms with Crippen molar-refractivity contribution >= 4 is 11.8 Å². The number of esters is 1. The number of aromatic nitrogens is 2. The maximum Gasteiger partial charge on any atom is 0.305 e. The number of rotatable bonds is 15. The van der Waals surface area contributed by atoms with Crippen LogP contribution < -0.4 is 10.1 Å². The Kier molecular flexibility index (Phi) is 17.1. The lowest BCUT2D eigenvalue weighted by atomic mass is 9.93. The molecule has 1 N–H and O–H groups in total. The molecule has 41 heavy (non-hydrogen) atoms. The van der Waals surface area contributed by atoms with E-state index in [2.05, 4.69) is 43.0 Å². The third kappa shape index (κ3) is 11.6. The smallest absolute Gasteiger partial charge is 0.305 e. The van der Waals surface area contributed by atoms with Gasteiger partial charge in [0.2, 0.25) is 0 Å². The van der Waals surface area contributed by atoms with Gasteiger partial charge in [0.25, 0.3) is 0 Å². The maximum absolute atomic E-state index is 10.4. The molecule has 0 radical (unpaired) electrons. The molecule has 2 heterocycles. The highest BCUT2D eigenvalue weighted by Crippen LogP contribution is 2.35. The Labute approximate surface area is 249 Å². The van der Waals surface area contributed by atoms with Crippen LogP contribution in [0.1, 0.15) is 122 Å². The van der Waals surface area contributed by atoms with Crippen molar-refractivity contribution in [1.82, 2.24) is 10.2 Å². The SMILES string of the molecule is CCCC(=O)OCC.CCCCCCC(CC)Nc1nnc2c(c1CCCC)CCCOCc1cc(OC)ccc1-2. The van der Waals surface area contributed by atoms with Crippen molar-refractivity contribution in [3.8, 4) is 17.0 Å². The van der Waals surface area contributed by atoms with Gasteiger partial charge in [0.05, 0.1) is 26.0 Å². The lowest BCUT2D eigenvalue weighted by Gasteiger charge is -2.22. The molecule has 0 aliphatic carbocycles. The van der Waals surface area contributed by atoms with Gasteiger partial charge in [0, 0.05) is 30.2 Å². The first-order valence-electron chi connectivity index (χ1n) is 16.1. The summed E-state index contributed by atoms with van der Waals surface area (Å²) in [7, 11) is 1.71. The molecule has 0 saturated heterocycles. The van der Waals surface area contributed by atoms with Crippen molar-refractivity contribution in [2.24, 2.45) is 0 Å². The number of nitrogens with zero attached hydrogens (tertiary/aromatic N) is 2. The van der Waals surface area contributed by atoms with Gasteiger partial charge >= 0.3 is 5.97 Å². The molecule has 0 amide bonds. The fourth-order valence-electron chi connectivity index (χ4n) is 5.14. The summed E-state index contributed by atoms with van der Waals surface area (Å²) in [6, 6.07) is 6.66. The van der Waals surface area contributed by atoms with Crippen molar-refractivity contribution in [1.29, 1.82) is 0 Å². The summed E-state index contributed by atoms with van der Waals surface area (Å²) in [5.74, 6) is 1.76. The Bertz CT molecular complexity index is 1020. The standard InChI is InChI=1S/C28H43N3O2.C6H12O2/c1-5-8-10-11-13-22(7-3)29-28-26(14-9-6-2)25-15-12-18-33-20-21-19-23(32-4)16-17-24(21)27(25)30-31-28;1-3-5-6(7)8-4-2/h16-17,19,22H,5-15,18,20H2,1-4H3,(H,29,31);3-5H2,1-2H3. The van der Waals surface area contributed by atoms with Crippen molar-refractivity contribution in [3.05, 3.63) is 34.9 Å². The second-order valence-corrected chi connectivity index (χ2v) is 10.8. The van der Waals surface area contributed by atoms with Gasteiger partial charge in [0.15, 0.2) is 5.82 Å². The first-order chi connectivity index (χ1) is 20.0. The van der Waals surface area contributed by atoms with E-state index >= 15 is 0 Å². The first kappa shape index (κ1) is 34.5. The van der Waals surface area contributed by atoms with E-state index in [1.807, 2.05) is 19.9 Å². The molecule has 0 fully saturated rings. The van der Waals surface area contributed by atoms with Crippen molar-refractivity contribution in [3.63, 3.8) is 0 Å². The number of anilines is 1. The van der Waals surface area contributed by atoms with Crippen LogP contribution in [-0.2, 0) is 33.7 Å². The van der Waals surface area contributed by atoms with E-state index in [4.69, 9.17) is 19.7 Å². The largest absolute Gasteiger partial charge is 0.497 e. The molecule has 2 aromatic rings. The van der Waals surface area contributed by atoms with Crippen LogP contribution in [0.5, 0.6) is 5.75 Å². The lowest BCUT2D eigenvalue weighted by Crippen LogP contribution is -2.22. The predicted octanol–water partition coefficient (Wildman–Crippen LogP) is 8.47. The van der Waals surface area contributed by atoms with Gasteiger partial charge in [-0.1, -0.05) is 59.8 Å². The normalized spacial score (nSPS) is 13.3. The van der Waals surface area contributed by atoms with E-state index in [9.17, 15) is 4.79 Å². The van der Waals surface area contributed by atoms with Crippen LogP contribution in [0.25, 0.3) is 11.3 Å². The van der Waals surface area contributed by atoms with Crippen molar-refractivity contribution in [2.75, 3.05) is 25.6 Å². The highest BCUT2D eigenvalue weighted by Gasteiger charge is 2.22. The minimum atomic E-state index is -0.0880. The maximum atomic E-state index is 10.4. The van der Waals surface area contributed by atoms with E-state index in [-0.39, 0.29) is 5.97 Å². The number of carbonyl (C=O) groups excluding carboxylic acids is 1. The number of hydrogen-bond acceptors (Lipinski definition) is 7. The molecular formula is C34H55N3O4. The van der Waals surface area contributed by atoms with Crippen LogP contribution in [0.4, 0.5) is 5.82 Å². The Morgan fingerprint density at radius 1 is 1.02 bits per heavy atom. The number of nitrogens with one attached hydrogen (secondary N) is 1. The molecule has 0 bridgehead atoms.